The van der Waals surface area contributed by atoms with Crippen LogP contribution in [-0.2, 0) is 4.79 Å². The number of carbonyl (C=O) groups is 1. The zero-order valence-corrected chi connectivity index (χ0v) is 6.89. The molecule has 2 heteroatoms. The van der Waals surface area contributed by atoms with Gasteiger partial charge in [-0.3, -0.25) is 0 Å². The Hall–Kier alpha value is -0.370. The minimum Gasteiger partial charge on any atom is -0.412 e. The van der Waals surface area contributed by atoms with Gasteiger partial charge in [0.05, 0.1) is 0 Å². The molecule has 0 saturated carbocycles. The van der Waals surface area contributed by atoms with Crippen LogP contribution in [0.2, 0.25) is 0 Å². The maximum absolute atomic E-state index is 10.2. The maximum atomic E-state index is 10.2. The molecule has 0 aromatic heterocycles. The monoisotopic (exact) mass is 146 g/mol. The van der Waals surface area contributed by atoms with Crippen molar-refractivity contribution in [3.63, 3.8) is 0 Å². The molecule has 62 valence electrons. The van der Waals surface area contributed by atoms with Crippen LogP contribution in [0.5, 0.6) is 0 Å². The van der Waals surface area contributed by atoms with Crippen molar-refractivity contribution in [2.75, 3.05) is 0 Å². The van der Waals surface area contributed by atoms with Crippen LogP contribution in [0.25, 0.3) is 0 Å². The second-order valence-corrected chi connectivity index (χ2v) is 2.45. The largest absolute Gasteiger partial charge is 0.412 e. The predicted octanol–water partition coefficient (Wildman–Crippen LogP) is 1.58. The van der Waals surface area contributed by atoms with E-state index in [9.17, 15) is 4.79 Å². The van der Waals surface area contributed by atoms with Crippen LogP contribution in [0, 0.1) is 5.92 Å². The van der Waals surface area contributed by atoms with Crippen molar-refractivity contribution in [2.24, 2.45) is 5.92 Å². The van der Waals surface area contributed by atoms with Crippen molar-refractivity contribution < 1.29 is 10.3 Å². The molecule has 0 saturated heterocycles. The lowest BCUT2D eigenvalue weighted by atomic mass is 10.0. The van der Waals surface area contributed by atoms with Crippen molar-refractivity contribution in [1.82, 2.24) is 0 Å². The van der Waals surface area contributed by atoms with Crippen LogP contribution in [0.1, 0.15) is 39.5 Å². The molecule has 0 rings (SSSR count). The fourth-order valence-electron chi connectivity index (χ4n) is 0.835. The van der Waals surface area contributed by atoms with Gasteiger partial charge in [-0.1, -0.05) is 26.7 Å². The summed E-state index contributed by atoms with van der Waals surface area (Å²) in [6.45, 7) is 4.21. The van der Waals surface area contributed by atoms with Crippen LogP contribution < -0.4 is 0 Å². The normalized spacial score (nSPS) is 11.8. The summed E-state index contributed by atoms with van der Waals surface area (Å²) in [6, 6.07) is 0. The molecular formula is C8H18O2. The molecule has 2 N–H and O–H groups in total. The second kappa shape index (κ2) is 8.63. The number of hydrogen-bond donors (Lipinski definition) is 0. The molecule has 0 aliphatic heterocycles. The third-order valence-corrected chi connectivity index (χ3v) is 1.65. The lowest BCUT2D eigenvalue weighted by Gasteiger charge is -2.03. The SMILES string of the molecule is CCCCC(C=O)CC.O. The van der Waals surface area contributed by atoms with E-state index in [-0.39, 0.29) is 5.48 Å². The molecule has 0 aromatic carbocycles. The molecule has 0 fully saturated rings. The van der Waals surface area contributed by atoms with Crippen molar-refractivity contribution in [3.05, 3.63) is 0 Å². The number of rotatable bonds is 5. The Bertz CT molecular complexity index is 71.7. The van der Waals surface area contributed by atoms with Gasteiger partial charge in [0.15, 0.2) is 0 Å². The van der Waals surface area contributed by atoms with Crippen LogP contribution in [0.4, 0.5) is 0 Å². The Labute approximate surface area is 62.9 Å². The highest BCUT2D eigenvalue weighted by Crippen LogP contribution is 2.08. The lowest BCUT2D eigenvalue weighted by molar-refractivity contribution is -0.111. The lowest BCUT2D eigenvalue weighted by Crippen LogP contribution is -1.98. The zero-order valence-electron chi connectivity index (χ0n) is 6.89. The summed E-state index contributed by atoms with van der Waals surface area (Å²) in [7, 11) is 0. The van der Waals surface area contributed by atoms with Crippen LogP contribution in [-0.4, -0.2) is 11.8 Å². The molecule has 1 unspecified atom stereocenters. The summed E-state index contributed by atoms with van der Waals surface area (Å²) in [4.78, 5) is 10.2. The van der Waals surface area contributed by atoms with Gasteiger partial charge in [-0.25, -0.2) is 0 Å². The second-order valence-electron chi connectivity index (χ2n) is 2.45. The topological polar surface area (TPSA) is 48.6 Å². The molecule has 0 amide bonds. The van der Waals surface area contributed by atoms with E-state index < -0.39 is 0 Å². The van der Waals surface area contributed by atoms with E-state index in [1.165, 1.54) is 12.8 Å². The van der Waals surface area contributed by atoms with Gasteiger partial charge >= 0.3 is 0 Å². The average molecular weight is 146 g/mol. The Kier molecular flexibility index (Phi) is 10.6. The van der Waals surface area contributed by atoms with E-state index in [1.807, 2.05) is 0 Å². The molecule has 0 aliphatic rings. The molecule has 0 aliphatic carbocycles. The van der Waals surface area contributed by atoms with Crippen molar-refractivity contribution in [1.29, 1.82) is 0 Å². The van der Waals surface area contributed by atoms with E-state index in [0.29, 0.717) is 5.92 Å². The van der Waals surface area contributed by atoms with Gasteiger partial charge in [-0.2, -0.15) is 0 Å². The Morgan fingerprint density at radius 1 is 1.40 bits per heavy atom. The first-order valence-electron chi connectivity index (χ1n) is 3.80. The van der Waals surface area contributed by atoms with Gasteiger partial charge < -0.3 is 10.3 Å². The summed E-state index contributed by atoms with van der Waals surface area (Å²) in [5.41, 5.74) is 0. The van der Waals surface area contributed by atoms with Crippen LogP contribution >= 0.6 is 0 Å². The molecule has 0 heterocycles. The summed E-state index contributed by atoms with van der Waals surface area (Å²) in [5, 5.41) is 0. The highest BCUT2D eigenvalue weighted by atomic mass is 16.1. The summed E-state index contributed by atoms with van der Waals surface area (Å²) >= 11 is 0. The third kappa shape index (κ3) is 5.76. The first-order chi connectivity index (χ1) is 4.35. The zero-order chi connectivity index (χ0) is 7.11. The molecule has 0 spiro atoms. The fraction of sp³-hybridized carbons (Fsp3) is 0.875. The minimum atomic E-state index is 0. The Morgan fingerprint density at radius 2 is 2.00 bits per heavy atom. The van der Waals surface area contributed by atoms with Crippen molar-refractivity contribution >= 4 is 6.29 Å². The number of hydrogen-bond acceptors (Lipinski definition) is 1. The Morgan fingerprint density at radius 3 is 2.30 bits per heavy atom. The molecule has 0 bridgehead atoms. The molecule has 0 aromatic rings. The molecule has 10 heavy (non-hydrogen) atoms. The smallest absolute Gasteiger partial charge is 0.123 e. The van der Waals surface area contributed by atoms with E-state index in [1.54, 1.807) is 0 Å². The van der Waals surface area contributed by atoms with Crippen molar-refractivity contribution in [3.8, 4) is 0 Å². The van der Waals surface area contributed by atoms with Gasteiger partial charge in [0.2, 0.25) is 0 Å². The minimum absolute atomic E-state index is 0. The van der Waals surface area contributed by atoms with Crippen LogP contribution in [0.3, 0.4) is 0 Å². The van der Waals surface area contributed by atoms with E-state index >= 15 is 0 Å². The first kappa shape index (κ1) is 12.3. The maximum Gasteiger partial charge on any atom is 0.123 e. The van der Waals surface area contributed by atoms with E-state index in [0.717, 1.165) is 19.1 Å². The summed E-state index contributed by atoms with van der Waals surface area (Å²) < 4.78 is 0. The van der Waals surface area contributed by atoms with Gasteiger partial charge in [0.25, 0.3) is 0 Å². The summed E-state index contributed by atoms with van der Waals surface area (Å²) in [5.74, 6) is 0.324. The molecule has 2 nitrogen and oxygen atoms in total. The number of unbranched alkanes of at least 4 members (excludes halogenated alkanes) is 1. The van der Waals surface area contributed by atoms with Gasteiger partial charge in [-0.15, -0.1) is 0 Å². The predicted molar refractivity (Wildman–Crippen MR) is 43.0 cm³/mol. The quantitative estimate of drug-likeness (QED) is 0.543. The molecule has 0 radical (unpaired) electrons. The van der Waals surface area contributed by atoms with Gasteiger partial charge in [0.1, 0.15) is 6.29 Å². The highest BCUT2D eigenvalue weighted by molar-refractivity contribution is 5.53. The molecule has 1 atom stereocenters. The van der Waals surface area contributed by atoms with Gasteiger partial charge in [0, 0.05) is 5.92 Å². The summed E-state index contributed by atoms with van der Waals surface area (Å²) in [6.07, 6.45) is 5.55. The first-order valence-corrected chi connectivity index (χ1v) is 3.80. The van der Waals surface area contributed by atoms with Crippen LogP contribution in [0.15, 0.2) is 0 Å². The van der Waals surface area contributed by atoms with E-state index in [2.05, 4.69) is 13.8 Å². The average Bonchev–Trinajstić information content (AvgIpc) is 1.91. The van der Waals surface area contributed by atoms with Gasteiger partial charge in [-0.05, 0) is 12.8 Å². The Balaban J connectivity index is 0. The molecular weight excluding hydrogens is 128 g/mol. The number of aldehydes is 1. The highest BCUT2D eigenvalue weighted by Gasteiger charge is 2.01. The number of carbonyl (C=O) groups excluding carboxylic acids is 1. The third-order valence-electron chi connectivity index (χ3n) is 1.65. The van der Waals surface area contributed by atoms with E-state index in [4.69, 9.17) is 0 Å². The fourth-order valence-corrected chi connectivity index (χ4v) is 0.835. The standard InChI is InChI=1S/C8H16O.H2O/c1-3-5-6-8(4-2)7-9;/h7-8H,3-6H2,1-2H3;1H2. The van der Waals surface area contributed by atoms with Crippen molar-refractivity contribution in [2.45, 2.75) is 39.5 Å².